The Labute approximate surface area is 135 Å². The summed E-state index contributed by atoms with van der Waals surface area (Å²) in [6.45, 7) is 0.489. The third-order valence-corrected chi connectivity index (χ3v) is 6.80. The normalized spacial score (nSPS) is 21.1. The molecule has 1 heterocycles. The predicted molar refractivity (Wildman–Crippen MR) is 83.6 cm³/mol. The third-order valence-electron chi connectivity index (χ3n) is 4.91. The largest absolute Gasteiger partial charge is 0.479 e. The zero-order valence-corrected chi connectivity index (χ0v) is 13.6. The van der Waals surface area contributed by atoms with Gasteiger partial charge in [0.25, 0.3) is 0 Å². The van der Waals surface area contributed by atoms with Crippen LogP contribution in [0.3, 0.4) is 0 Å². The Kier molecular flexibility index (Phi) is 4.44. The predicted octanol–water partition coefficient (Wildman–Crippen LogP) is 1.02. The van der Waals surface area contributed by atoms with E-state index in [1.807, 2.05) is 6.07 Å². The molecular weight excluding hydrogens is 318 g/mol. The van der Waals surface area contributed by atoms with Crippen LogP contribution >= 0.6 is 0 Å². The number of carboxylic acids is 1. The fourth-order valence-electron chi connectivity index (χ4n) is 3.49. The molecule has 6 nitrogen and oxygen atoms in total. The van der Waals surface area contributed by atoms with Gasteiger partial charge < -0.3 is 10.2 Å². The average Bonchev–Trinajstić information content (AvgIpc) is 3.01. The van der Waals surface area contributed by atoms with Crippen LogP contribution in [0.1, 0.15) is 30.4 Å². The summed E-state index contributed by atoms with van der Waals surface area (Å²) in [6.07, 6.45) is 2.30. The van der Waals surface area contributed by atoms with Gasteiger partial charge in [-0.3, -0.25) is 0 Å². The summed E-state index contributed by atoms with van der Waals surface area (Å²) < 4.78 is 26.9. The molecule has 1 aliphatic carbocycles. The van der Waals surface area contributed by atoms with Crippen LogP contribution in [0.4, 0.5) is 0 Å². The smallest absolute Gasteiger partial charge is 0.332 e. The molecule has 0 bridgehead atoms. The fourth-order valence-corrected chi connectivity index (χ4v) is 5.01. The van der Waals surface area contributed by atoms with E-state index in [9.17, 15) is 18.3 Å². The molecule has 0 radical (unpaired) electrons. The van der Waals surface area contributed by atoms with Gasteiger partial charge in [-0.1, -0.05) is 6.07 Å². The van der Waals surface area contributed by atoms with E-state index in [2.05, 4.69) is 0 Å². The van der Waals surface area contributed by atoms with Crippen molar-refractivity contribution in [1.82, 2.24) is 4.31 Å². The first-order valence-corrected chi connectivity index (χ1v) is 9.36. The average molecular weight is 339 g/mol. The maximum Gasteiger partial charge on any atom is 0.332 e. The van der Waals surface area contributed by atoms with Gasteiger partial charge in [0.15, 0.2) is 6.10 Å². The molecule has 1 aliphatic heterocycles. The lowest BCUT2D eigenvalue weighted by atomic mass is 9.92. The number of aliphatic hydroxyl groups is 1. The molecule has 1 aromatic carbocycles. The Morgan fingerprint density at radius 1 is 1.17 bits per heavy atom. The highest BCUT2D eigenvalue weighted by atomic mass is 32.2. The number of carboxylic acid groups (broad SMARTS) is 1. The van der Waals surface area contributed by atoms with Gasteiger partial charge in [0.05, 0.1) is 4.90 Å². The first kappa shape index (κ1) is 16.4. The second-order valence-electron chi connectivity index (χ2n) is 6.31. The maximum absolute atomic E-state index is 12.7. The van der Waals surface area contributed by atoms with Gasteiger partial charge in [-0.15, -0.1) is 0 Å². The van der Waals surface area contributed by atoms with Crippen LogP contribution < -0.4 is 0 Å². The van der Waals surface area contributed by atoms with Crippen molar-refractivity contribution in [2.45, 2.75) is 43.1 Å². The summed E-state index contributed by atoms with van der Waals surface area (Å²) in [5, 5.41) is 18.4. The van der Waals surface area contributed by atoms with Gasteiger partial charge in [0.1, 0.15) is 0 Å². The zero-order chi connectivity index (χ0) is 16.6. The number of nitrogens with zero attached hydrogens (tertiary/aromatic N) is 1. The number of hydrogen-bond donors (Lipinski definition) is 2. The van der Waals surface area contributed by atoms with Crippen molar-refractivity contribution in [1.29, 1.82) is 0 Å². The fraction of sp³-hybridized carbons (Fsp3) is 0.562. The molecule has 0 aromatic heterocycles. The number of piperidine rings is 1. The van der Waals surface area contributed by atoms with Crippen molar-refractivity contribution >= 4 is 16.0 Å². The number of carbonyl (C=O) groups is 1. The molecule has 0 spiro atoms. The highest BCUT2D eigenvalue weighted by molar-refractivity contribution is 7.89. The summed E-state index contributed by atoms with van der Waals surface area (Å²) in [5.74, 6) is -1.64. The van der Waals surface area contributed by atoms with Gasteiger partial charge in [0, 0.05) is 13.1 Å². The Morgan fingerprint density at radius 3 is 2.48 bits per heavy atom. The monoisotopic (exact) mass is 339 g/mol. The van der Waals surface area contributed by atoms with Crippen molar-refractivity contribution in [3.8, 4) is 0 Å². The van der Waals surface area contributed by atoms with Crippen molar-refractivity contribution in [3.05, 3.63) is 29.3 Å². The molecule has 1 aromatic rings. The van der Waals surface area contributed by atoms with E-state index in [1.165, 1.54) is 9.87 Å². The summed E-state index contributed by atoms with van der Waals surface area (Å²) in [4.78, 5) is 11.1. The van der Waals surface area contributed by atoms with E-state index < -0.39 is 22.1 Å². The highest BCUT2D eigenvalue weighted by Crippen LogP contribution is 2.29. The van der Waals surface area contributed by atoms with Crippen LogP contribution in [0.2, 0.25) is 0 Å². The third kappa shape index (κ3) is 3.13. The number of aliphatic hydroxyl groups excluding tert-OH is 1. The Hall–Kier alpha value is -1.44. The molecule has 0 saturated carbocycles. The Bertz CT molecular complexity index is 707. The molecule has 0 amide bonds. The summed E-state index contributed by atoms with van der Waals surface area (Å²) >= 11 is 0. The van der Waals surface area contributed by atoms with Gasteiger partial charge in [0.2, 0.25) is 10.0 Å². The van der Waals surface area contributed by atoms with Crippen LogP contribution in [0.25, 0.3) is 0 Å². The number of aliphatic carboxylic acids is 1. The Balaban J connectivity index is 1.73. The van der Waals surface area contributed by atoms with Crippen molar-refractivity contribution < 1.29 is 23.4 Å². The lowest BCUT2D eigenvalue weighted by molar-refractivity contribution is -0.150. The van der Waals surface area contributed by atoms with E-state index in [4.69, 9.17) is 5.11 Å². The van der Waals surface area contributed by atoms with Gasteiger partial charge in [-0.2, -0.15) is 4.31 Å². The molecule has 3 rings (SSSR count). The van der Waals surface area contributed by atoms with Gasteiger partial charge in [-0.25, -0.2) is 13.2 Å². The van der Waals surface area contributed by atoms with E-state index >= 15 is 0 Å². The molecule has 126 valence electrons. The zero-order valence-electron chi connectivity index (χ0n) is 12.8. The van der Waals surface area contributed by atoms with Gasteiger partial charge >= 0.3 is 5.97 Å². The number of aryl methyl sites for hydroxylation is 2. The summed E-state index contributed by atoms with van der Waals surface area (Å²) in [6, 6.07) is 5.34. The molecule has 2 aliphatic rings. The molecule has 1 saturated heterocycles. The number of rotatable bonds is 4. The van der Waals surface area contributed by atoms with Crippen LogP contribution in [0, 0.1) is 5.92 Å². The van der Waals surface area contributed by atoms with Crippen LogP contribution in [-0.4, -0.2) is 48.1 Å². The number of fused-ring (bicyclic) bond motifs is 1. The molecule has 1 unspecified atom stereocenters. The van der Waals surface area contributed by atoms with Crippen LogP contribution in [-0.2, 0) is 27.7 Å². The minimum absolute atomic E-state index is 0.244. The minimum atomic E-state index is -3.55. The van der Waals surface area contributed by atoms with Crippen molar-refractivity contribution in [2.75, 3.05) is 13.1 Å². The summed E-state index contributed by atoms with van der Waals surface area (Å²) in [5.41, 5.74) is 2.34. The molecule has 7 heteroatoms. The lowest BCUT2D eigenvalue weighted by Crippen LogP contribution is -2.43. The SMILES string of the molecule is O=C(O)C(O)C1CCN(S(=O)(=O)c2ccc3c(c2)CCC3)CC1. The molecular formula is C16H21NO5S. The molecule has 1 atom stereocenters. The first-order chi connectivity index (χ1) is 10.9. The van der Waals surface area contributed by atoms with E-state index in [1.54, 1.807) is 12.1 Å². The number of benzene rings is 1. The minimum Gasteiger partial charge on any atom is -0.479 e. The standard InChI is InChI=1S/C16H21NO5S/c18-15(16(19)20)12-6-8-17(9-7-12)23(21,22)14-5-4-11-2-1-3-13(11)10-14/h4-5,10,12,15,18H,1-3,6-9H2,(H,19,20). The molecule has 1 fully saturated rings. The second-order valence-corrected chi connectivity index (χ2v) is 8.25. The quantitative estimate of drug-likeness (QED) is 0.854. The highest BCUT2D eigenvalue weighted by Gasteiger charge is 2.34. The molecule has 23 heavy (non-hydrogen) atoms. The van der Waals surface area contributed by atoms with Crippen LogP contribution in [0.15, 0.2) is 23.1 Å². The Morgan fingerprint density at radius 2 is 1.83 bits per heavy atom. The maximum atomic E-state index is 12.7. The number of hydrogen-bond acceptors (Lipinski definition) is 4. The van der Waals surface area contributed by atoms with E-state index in [0.717, 1.165) is 24.8 Å². The summed E-state index contributed by atoms with van der Waals surface area (Å²) in [7, 11) is -3.55. The molecule has 2 N–H and O–H groups in total. The van der Waals surface area contributed by atoms with Crippen molar-refractivity contribution in [2.24, 2.45) is 5.92 Å². The second kappa shape index (κ2) is 6.22. The van der Waals surface area contributed by atoms with Gasteiger partial charge in [-0.05, 0) is 61.3 Å². The van der Waals surface area contributed by atoms with Crippen LogP contribution in [0.5, 0.6) is 0 Å². The number of sulfonamides is 1. The van der Waals surface area contributed by atoms with E-state index in [-0.39, 0.29) is 19.0 Å². The van der Waals surface area contributed by atoms with Crippen molar-refractivity contribution in [3.63, 3.8) is 0 Å². The first-order valence-electron chi connectivity index (χ1n) is 7.92. The van der Waals surface area contributed by atoms with E-state index in [0.29, 0.717) is 17.7 Å². The topological polar surface area (TPSA) is 94.9 Å². The lowest BCUT2D eigenvalue weighted by Gasteiger charge is -2.32.